The summed E-state index contributed by atoms with van der Waals surface area (Å²) < 4.78 is 1.30. The second-order valence-electron chi connectivity index (χ2n) is 5.70. The van der Waals surface area contributed by atoms with Crippen molar-refractivity contribution in [1.29, 1.82) is 0 Å². The van der Waals surface area contributed by atoms with Gasteiger partial charge in [-0.05, 0) is 49.1 Å². The fourth-order valence-electron chi connectivity index (χ4n) is 2.07. The third-order valence-electron chi connectivity index (χ3n) is 3.13. The minimum Gasteiger partial charge on any atom is -0.389 e. The number of aliphatic hydroxyl groups is 1. The highest BCUT2D eigenvalue weighted by molar-refractivity contribution is 7.17. The van der Waals surface area contributed by atoms with E-state index in [1.165, 1.54) is 15.6 Å². The fraction of sp³-hybridized carbons (Fsp3) is 0.438. The summed E-state index contributed by atoms with van der Waals surface area (Å²) >= 11 is 1.75. The van der Waals surface area contributed by atoms with Crippen molar-refractivity contribution in [3.05, 3.63) is 35.2 Å². The average molecular weight is 291 g/mol. The largest absolute Gasteiger partial charge is 0.389 e. The smallest absolute Gasteiger partial charge is 0.220 e. The molecule has 20 heavy (non-hydrogen) atoms. The van der Waals surface area contributed by atoms with Crippen molar-refractivity contribution in [3.8, 4) is 0 Å². The summed E-state index contributed by atoms with van der Waals surface area (Å²) in [5.41, 5.74) is 0.472. The van der Waals surface area contributed by atoms with Crippen LogP contribution in [-0.4, -0.2) is 23.2 Å². The number of hydrogen-bond donors (Lipinski definition) is 2. The Morgan fingerprint density at radius 1 is 1.35 bits per heavy atom. The van der Waals surface area contributed by atoms with Crippen LogP contribution in [0, 0.1) is 0 Å². The van der Waals surface area contributed by atoms with Gasteiger partial charge in [-0.25, -0.2) is 0 Å². The molecule has 0 saturated heterocycles. The maximum atomic E-state index is 11.7. The summed E-state index contributed by atoms with van der Waals surface area (Å²) in [5.74, 6) is 0.00617. The second kappa shape index (κ2) is 6.37. The molecule has 0 atom stereocenters. The summed E-state index contributed by atoms with van der Waals surface area (Å²) in [7, 11) is 0. The van der Waals surface area contributed by atoms with E-state index in [-0.39, 0.29) is 5.91 Å². The number of amides is 1. The van der Waals surface area contributed by atoms with Crippen LogP contribution in [0.25, 0.3) is 10.1 Å². The molecule has 3 nitrogen and oxygen atoms in total. The van der Waals surface area contributed by atoms with Gasteiger partial charge in [0, 0.05) is 17.7 Å². The van der Waals surface area contributed by atoms with Crippen LogP contribution in [0.4, 0.5) is 0 Å². The van der Waals surface area contributed by atoms with Gasteiger partial charge < -0.3 is 10.4 Å². The maximum Gasteiger partial charge on any atom is 0.220 e. The number of benzene rings is 1. The molecule has 0 spiro atoms. The van der Waals surface area contributed by atoms with E-state index < -0.39 is 5.60 Å². The molecule has 108 valence electrons. The average Bonchev–Trinajstić information content (AvgIpc) is 2.79. The summed E-state index contributed by atoms with van der Waals surface area (Å²) in [4.78, 5) is 11.7. The fourth-order valence-corrected chi connectivity index (χ4v) is 3.07. The summed E-state index contributed by atoms with van der Waals surface area (Å²) in [5, 5.41) is 15.8. The third kappa shape index (κ3) is 4.32. The van der Waals surface area contributed by atoms with E-state index >= 15 is 0 Å². The Kier molecular flexibility index (Phi) is 4.78. The Hall–Kier alpha value is -1.39. The van der Waals surface area contributed by atoms with Crippen LogP contribution >= 0.6 is 11.3 Å². The van der Waals surface area contributed by atoms with Crippen LogP contribution in [0.3, 0.4) is 0 Å². The van der Waals surface area contributed by atoms with Gasteiger partial charge in [-0.2, -0.15) is 0 Å². The van der Waals surface area contributed by atoms with E-state index in [4.69, 9.17) is 0 Å². The SMILES string of the molecule is CC(C)(O)CNC(=O)CCCc1csc2ccccc12. The highest BCUT2D eigenvalue weighted by Gasteiger charge is 2.13. The number of hydrogen-bond acceptors (Lipinski definition) is 3. The summed E-state index contributed by atoms with van der Waals surface area (Å²) in [6.45, 7) is 3.67. The lowest BCUT2D eigenvalue weighted by molar-refractivity contribution is -0.122. The quantitative estimate of drug-likeness (QED) is 0.859. The lowest BCUT2D eigenvalue weighted by Gasteiger charge is -2.17. The van der Waals surface area contributed by atoms with Crippen molar-refractivity contribution in [2.75, 3.05) is 6.54 Å². The lowest BCUT2D eigenvalue weighted by Crippen LogP contribution is -2.38. The maximum absolute atomic E-state index is 11.7. The van der Waals surface area contributed by atoms with Crippen molar-refractivity contribution in [3.63, 3.8) is 0 Å². The minimum absolute atomic E-state index is 0.00617. The second-order valence-corrected chi connectivity index (χ2v) is 6.61. The normalized spacial score (nSPS) is 11.8. The van der Waals surface area contributed by atoms with Crippen LogP contribution < -0.4 is 5.32 Å². The van der Waals surface area contributed by atoms with E-state index in [0.717, 1.165) is 12.8 Å². The molecule has 0 saturated carbocycles. The van der Waals surface area contributed by atoms with Crippen molar-refractivity contribution in [2.24, 2.45) is 0 Å². The van der Waals surface area contributed by atoms with Gasteiger partial charge in [-0.1, -0.05) is 18.2 Å². The topological polar surface area (TPSA) is 49.3 Å². The van der Waals surface area contributed by atoms with E-state index in [9.17, 15) is 9.90 Å². The van der Waals surface area contributed by atoms with Gasteiger partial charge in [-0.3, -0.25) is 4.79 Å². The van der Waals surface area contributed by atoms with E-state index in [0.29, 0.717) is 13.0 Å². The molecule has 2 aromatic rings. The Morgan fingerprint density at radius 3 is 2.85 bits per heavy atom. The molecule has 2 N–H and O–H groups in total. The molecular formula is C16H21NO2S. The molecule has 1 heterocycles. The highest BCUT2D eigenvalue weighted by atomic mass is 32.1. The first-order chi connectivity index (χ1) is 9.46. The van der Waals surface area contributed by atoms with Crippen molar-refractivity contribution < 1.29 is 9.90 Å². The lowest BCUT2D eigenvalue weighted by atomic mass is 10.1. The molecule has 1 aromatic carbocycles. The van der Waals surface area contributed by atoms with Crippen LogP contribution in [0.15, 0.2) is 29.6 Å². The first-order valence-electron chi connectivity index (χ1n) is 6.90. The Bertz CT molecular complexity index is 583. The molecule has 2 rings (SSSR count). The molecule has 0 aliphatic carbocycles. The Morgan fingerprint density at radius 2 is 2.10 bits per heavy atom. The van der Waals surface area contributed by atoms with Crippen LogP contribution in [-0.2, 0) is 11.2 Å². The van der Waals surface area contributed by atoms with Crippen molar-refractivity contribution in [1.82, 2.24) is 5.32 Å². The molecule has 0 radical (unpaired) electrons. The number of carbonyl (C=O) groups is 1. The number of nitrogens with one attached hydrogen (secondary N) is 1. The number of rotatable bonds is 6. The van der Waals surface area contributed by atoms with Crippen molar-refractivity contribution in [2.45, 2.75) is 38.7 Å². The highest BCUT2D eigenvalue weighted by Crippen LogP contribution is 2.26. The molecule has 1 amide bonds. The van der Waals surface area contributed by atoms with Gasteiger partial charge in [-0.15, -0.1) is 11.3 Å². The Labute approximate surface area is 123 Å². The predicted molar refractivity (Wildman–Crippen MR) is 84.1 cm³/mol. The van der Waals surface area contributed by atoms with E-state index in [1.54, 1.807) is 25.2 Å². The minimum atomic E-state index is -0.848. The Balaban J connectivity index is 1.80. The molecule has 0 fully saturated rings. The first-order valence-corrected chi connectivity index (χ1v) is 7.78. The zero-order valence-corrected chi connectivity index (χ0v) is 12.8. The summed E-state index contributed by atoms with van der Waals surface area (Å²) in [6.07, 6.45) is 2.25. The molecule has 0 bridgehead atoms. The molecule has 0 unspecified atom stereocenters. The van der Waals surface area contributed by atoms with Gasteiger partial charge in [0.05, 0.1) is 5.60 Å². The molecular weight excluding hydrogens is 270 g/mol. The zero-order valence-electron chi connectivity index (χ0n) is 12.0. The number of fused-ring (bicyclic) bond motifs is 1. The van der Waals surface area contributed by atoms with E-state index in [2.05, 4.69) is 28.9 Å². The number of carbonyl (C=O) groups excluding carboxylic acids is 1. The molecule has 0 aliphatic heterocycles. The molecule has 0 aliphatic rings. The monoisotopic (exact) mass is 291 g/mol. The van der Waals surface area contributed by atoms with Gasteiger partial charge >= 0.3 is 0 Å². The molecule has 4 heteroatoms. The third-order valence-corrected chi connectivity index (χ3v) is 4.14. The van der Waals surface area contributed by atoms with Gasteiger partial charge in [0.2, 0.25) is 5.91 Å². The van der Waals surface area contributed by atoms with Crippen LogP contribution in [0.5, 0.6) is 0 Å². The number of aryl methyl sites for hydroxylation is 1. The van der Waals surface area contributed by atoms with Gasteiger partial charge in [0.25, 0.3) is 0 Å². The summed E-state index contributed by atoms with van der Waals surface area (Å²) in [6, 6.07) is 8.36. The van der Waals surface area contributed by atoms with Gasteiger partial charge in [0.15, 0.2) is 0 Å². The van der Waals surface area contributed by atoms with Crippen LogP contribution in [0.1, 0.15) is 32.3 Å². The molecule has 1 aromatic heterocycles. The number of thiophene rings is 1. The zero-order chi connectivity index (χ0) is 14.6. The van der Waals surface area contributed by atoms with Crippen LogP contribution in [0.2, 0.25) is 0 Å². The predicted octanol–water partition coefficient (Wildman–Crippen LogP) is 3.11. The first kappa shape index (κ1) is 15.0. The van der Waals surface area contributed by atoms with E-state index in [1.807, 2.05) is 6.07 Å². The standard InChI is InChI=1S/C16H21NO2S/c1-16(2,19)11-17-15(18)9-5-6-12-10-20-14-8-4-3-7-13(12)14/h3-4,7-8,10,19H,5-6,9,11H2,1-2H3,(H,17,18). The van der Waals surface area contributed by atoms with Crippen molar-refractivity contribution >= 4 is 27.3 Å². The van der Waals surface area contributed by atoms with Gasteiger partial charge in [0.1, 0.15) is 0 Å².